The lowest BCUT2D eigenvalue weighted by Crippen LogP contribution is -2.50. The first-order valence-corrected chi connectivity index (χ1v) is 10.5. The van der Waals surface area contributed by atoms with Gasteiger partial charge in [-0.05, 0) is 43.7 Å². The lowest BCUT2D eigenvalue weighted by molar-refractivity contribution is -0.148. The van der Waals surface area contributed by atoms with Crippen LogP contribution >= 0.6 is 0 Å². The fourth-order valence-electron chi connectivity index (χ4n) is 4.02. The number of imide groups is 1. The van der Waals surface area contributed by atoms with Crippen molar-refractivity contribution in [1.82, 2.24) is 10.2 Å². The molecule has 6 heteroatoms. The number of amides is 3. The molecule has 3 atom stereocenters. The fraction of sp³-hybridized carbons (Fsp3) is 0.522. The quantitative estimate of drug-likeness (QED) is 0.394. The number of carbonyl (C=O) groups excluding carboxylic acids is 3. The van der Waals surface area contributed by atoms with E-state index in [1.54, 1.807) is 0 Å². The van der Waals surface area contributed by atoms with Crippen molar-refractivity contribution in [2.24, 2.45) is 17.8 Å². The molecule has 1 aromatic rings. The van der Waals surface area contributed by atoms with E-state index >= 15 is 0 Å². The zero-order valence-electron chi connectivity index (χ0n) is 17.2. The SMILES string of the molecule is CC(C)CC(C(=O)NCCCOc1ccccc1)N1C(=O)C2CC=CCC2C1=O. The Bertz CT molecular complexity index is 733. The molecule has 29 heavy (non-hydrogen) atoms. The third-order valence-corrected chi connectivity index (χ3v) is 5.48. The molecule has 2 aliphatic rings. The molecule has 6 nitrogen and oxygen atoms in total. The zero-order chi connectivity index (χ0) is 20.8. The van der Waals surface area contributed by atoms with Crippen LogP contribution in [-0.2, 0) is 14.4 Å². The van der Waals surface area contributed by atoms with Crippen LogP contribution in [0.4, 0.5) is 0 Å². The van der Waals surface area contributed by atoms with E-state index in [0.717, 1.165) is 5.75 Å². The smallest absolute Gasteiger partial charge is 0.243 e. The van der Waals surface area contributed by atoms with E-state index < -0.39 is 6.04 Å². The highest BCUT2D eigenvalue weighted by Gasteiger charge is 2.51. The lowest BCUT2D eigenvalue weighted by Gasteiger charge is -2.27. The average Bonchev–Trinajstić information content (AvgIpc) is 2.97. The van der Waals surface area contributed by atoms with Gasteiger partial charge in [-0.2, -0.15) is 0 Å². The molecule has 1 fully saturated rings. The minimum atomic E-state index is -0.740. The highest BCUT2D eigenvalue weighted by atomic mass is 16.5. The van der Waals surface area contributed by atoms with E-state index in [-0.39, 0.29) is 35.5 Å². The van der Waals surface area contributed by atoms with Crippen LogP contribution in [-0.4, -0.2) is 41.8 Å². The van der Waals surface area contributed by atoms with Crippen LogP contribution in [0.1, 0.15) is 39.5 Å². The van der Waals surface area contributed by atoms with Crippen LogP contribution in [0.5, 0.6) is 5.75 Å². The van der Waals surface area contributed by atoms with Gasteiger partial charge in [0.1, 0.15) is 11.8 Å². The summed E-state index contributed by atoms with van der Waals surface area (Å²) in [6, 6.07) is 8.77. The number of para-hydroxylation sites is 1. The van der Waals surface area contributed by atoms with Gasteiger partial charge in [0, 0.05) is 6.54 Å². The van der Waals surface area contributed by atoms with E-state index in [9.17, 15) is 14.4 Å². The molecule has 1 heterocycles. The van der Waals surface area contributed by atoms with Gasteiger partial charge in [-0.25, -0.2) is 0 Å². The molecule has 1 aromatic carbocycles. The van der Waals surface area contributed by atoms with Gasteiger partial charge < -0.3 is 10.1 Å². The highest BCUT2D eigenvalue weighted by Crippen LogP contribution is 2.37. The summed E-state index contributed by atoms with van der Waals surface area (Å²) in [5, 5.41) is 2.89. The van der Waals surface area contributed by atoms with Crippen LogP contribution in [0, 0.1) is 17.8 Å². The Balaban J connectivity index is 1.56. The standard InChI is InChI=1S/C23H30N2O4/c1-16(2)15-20(25-22(27)18-11-6-7-12-19(18)23(25)28)21(26)24-13-8-14-29-17-9-4-3-5-10-17/h3-7,9-10,16,18-20H,8,11-15H2,1-2H3,(H,24,26). The van der Waals surface area contributed by atoms with Crippen molar-refractivity contribution in [3.8, 4) is 5.75 Å². The van der Waals surface area contributed by atoms with Gasteiger partial charge in [0.2, 0.25) is 17.7 Å². The summed E-state index contributed by atoms with van der Waals surface area (Å²) in [5.74, 6) is -0.292. The molecule has 156 valence electrons. The number of fused-ring (bicyclic) bond motifs is 1. The molecule has 3 rings (SSSR count). The van der Waals surface area contributed by atoms with Crippen molar-refractivity contribution in [1.29, 1.82) is 0 Å². The molecular weight excluding hydrogens is 368 g/mol. The van der Waals surface area contributed by atoms with Crippen molar-refractivity contribution in [3.63, 3.8) is 0 Å². The maximum Gasteiger partial charge on any atom is 0.243 e. The number of hydrogen-bond acceptors (Lipinski definition) is 4. The average molecular weight is 399 g/mol. The van der Waals surface area contributed by atoms with Gasteiger partial charge in [-0.3, -0.25) is 19.3 Å². The normalized spacial score (nSPS) is 22.0. The Morgan fingerprint density at radius 3 is 2.31 bits per heavy atom. The number of hydrogen-bond donors (Lipinski definition) is 1. The second-order valence-corrected chi connectivity index (χ2v) is 8.15. The van der Waals surface area contributed by atoms with Gasteiger partial charge >= 0.3 is 0 Å². The monoisotopic (exact) mass is 398 g/mol. The summed E-state index contributed by atoms with van der Waals surface area (Å²) < 4.78 is 5.63. The molecule has 0 radical (unpaired) electrons. The van der Waals surface area contributed by atoms with E-state index in [4.69, 9.17) is 4.74 Å². The topological polar surface area (TPSA) is 75.7 Å². The van der Waals surface area contributed by atoms with Crippen LogP contribution in [0.3, 0.4) is 0 Å². The molecule has 1 N–H and O–H groups in total. The summed E-state index contributed by atoms with van der Waals surface area (Å²) in [4.78, 5) is 39.9. The molecule has 0 saturated carbocycles. The summed E-state index contributed by atoms with van der Waals surface area (Å²) in [6.07, 6.45) is 6.19. The summed E-state index contributed by atoms with van der Waals surface area (Å²) >= 11 is 0. The maximum atomic E-state index is 12.9. The largest absolute Gasteiger partial charge is 0.494 e. The summed E-state index contributed by atoms with van der Waals surface area (Å²) in [5.41, 5.74) is 0. The highest BCUT2D eigenvalue weighted by molar-refractivity contribution is 6.08. The molecule has 1 aliphatic heterocycles. The van der Waals surface area contributed by atoms with Crippen molar-refractivity contribution < 1.29 is 19.1 Å². The third-order valence-electron chi connectivity index (χ3n) is 5.48. The van der Waals surface area contributed by atoms with E-state index in [1.165, 1.54) is 4.90 Å². The zero-order valence-corrected chi connectivity index (χ0v) is 17.2. The first-order chi connectivity index (χ1) is 14.0. The Hall–Kier alpha value is -2.63. The molecule has 0 spiro atoms. The number of nitrogens with zero attached hydrogens (tertiary/aromatic N) is 1. The number of benzene rings is 1. The molecule has 1 saturated heterocycles. The first-order valence-electron chi connectivity index (χ1n) is 10.5. The fourth-order valence-corrected chi connectivity index (χ4v) is 4.02. The molecule has 3 amide bonds. The van der Waals surface area contributed by atoms with Crippen molar-refractivity contribution >= 4 is 17.7 Å². The van der Waals surface area contributed by atoms with Crippen LogP contribution in [0.25, 0.3) is 0 Å². The number of nitrogens with one attached hydrogen (secondary N) is 1. The second kappa shape index (κ2) is 9.72. The third kappa shape index (κ3) is 5.05. The Morgan fingerprint density at radius 2 is 1.72 bits per heavy atom. The van der Waals surface area contributed by atoms with E-state index in [1.807, 2.05) is 56.3 Å². The Labute approximate surface area is 172 Å². The second-order valence-electron chi connectivity index (χ2n) is 8.15. The number of ether oxygens (including phenoxy) is 1. The first kappa shape index (κ1) is 21.1. The molecular formula is C23H30N2O4. The maximum absolute atomic E-state index is 12.9. The minimum absolute atomic E-state index is 0.188. The van der Waals surface area contributed by atoms with E-state index in [0.29, 0.717) is 38.8 Å². The van der Waals surface area contributed by atoms with Gasteiger partial charge in [0.05, 0.1) is 18.4 Å². The number of carbonyl (C=O) groups is 3. The van der Waals surface area contributed by atoms with Crippen molar-refractivity contribution in [3.05, 3.63) is 42.5 Å². The lowest BCUT2D eigenvalue weighted by atomic mass is 9.85. The van der Waals surface area contributed by atoms with E-state index in [2.05, 4.69) is 5.32 Å². The van der Waals surface area contributed by atoms with Gasteiger partial charge in [0.15, 0.2) is 0 Å². The van der Waals surface area contributed by atoms with Gasteiger partial charge in [0.25, 0.3) is 0 Å². The summed E-state index contributed by atoms with van der Waals surface area (Å²) in [6.45, 7) is 4.91. The van der Waals surface area contributed by atoms with Crippen LogP contribution in [0.2, 0.25) is 0 Å². The number of likely N-dealkylation sites (tertiary alicyclic amines) is 1. The van der Waals surface area contributed by atoms with Crippen molar-refractivity contribution in [2.45, 2.75) is 45.6 Å². The predicted molar refractivity (Wildman–Crippen MR) is 110 cm³/mol. The molecule has 0 aromatic heterocycles. The predicted octanol–water partition coefficient (Wildman–Crippen LogP) is 2.94. The number of allylic oxidation sites excluding steroid dienone is 2. The minimum Gasteiger partial charge on any atom is -0.494 e. The van der Waals surface area contributed by atoms with Crippen molar-refractivity contribution in [2.75, 3.05) is 13.2 Å². The Kier molecular flexibility index (Phi) is 7.07. The van der Waals surface area contributed by atoms with Crippen LogP contribution < -0.4 is 10.1 Å². The summed E-state index contributed by atoms with van der Waals surface area (Å²) in [7, 11) is 0. The van der Waals surface area contributed by atoms with Gasteiger partial charge in [-0.15, -0.1) is 0 Å². The van der Waals surface area contributed by atoms with Crippen LogP contribution in [0.15, 0.2) is 42.5 Å². The Morgan fingerprint density at radius 1 is 1.10 bits per heavy atom. The van der Waals surface area contributed by atoms with Gasteiger partial charge in [-0.1, -0.05) is 44.2 Å². The molecule has 0 bridgehead atoms. The molecule has 3 unspecified atom stereocenters. The number of rotatable bonds is 9. The molecule has 1 aliphatic carbocycles.